The Hall–Kier alpha value is -0.750. The van der Waals surface area contributed by atoms with Crippen molar-refractivity contribution in [3.05, 3.63) is 27.5 Å². The third kappa shape index (κ3) is 3.10. The van der Waals surface area contributed by atoms with Crippen LogP contribution in [0.2, 0.25) is 5.02 Å². The first-order chi connectivity index (χ1) is 6.97. The van der Waals surface area contributed by atoms with Crippen LogP contribution in [0.3, 0.4) is 0 Å². The van der Waals surface area contributed by atoms with Crippen molar-refractivity contribution in [2.45, 2.75) is 5.92 Å². The van der Waals surface area contributed by atoms with Crippen molar-refractivity contribution in [2.24, 2.45) is 0 Å². The smallest absolute Gasteiger partial charge is 0.308 e. The molecule has 0 atom stereocenters. The van der Waals surface area contributed by atoms with Crippen molar-refractivity contribution in [1.82, 2.24) is 10.3 Å². The highest BCUT2D eigenvalue weighted by Gasteiger charge is 2.35. The zero-order valence-electron chi connectivity index (χ0n) is 7.31. The van der Waals surface area contributed by atoms with Gasteiger partial charge in [0.1, 0.15) is 5.69 Å². The molecule has 15 heavy (non-hydrogen) atoms. The molecule has 0 aliphatic heterocycles. The second-order valence-corrected chi connectivity index (χ2v) is 4.01. The molecule has 1 rings (SSSR count). The van der Waals surface area contributed by atoms with E-state index in [1.807, 2.05) is 5.32 Å². The maximum atomic E-state index is 13.4. The van der Waals surface area contributed by atoms with Crippen LogP contribution in [-0.2, 0) is 10.7 Å². The first kappa shape index (κ1) is 12.3. The van der Waals surface area contributed by atoms with Crippen molar-refractivity contribution in [3.8, 4) is 0 Å². The van der Waals surface area contributed by atoms with E-state index in [9.17, 15) is 13.6 Å². The van der Waals surface area contributed by atoms with E-state index in [2.05, 4.69) is 20.9 Å². The Morgan fingerprint density at radius 1 is 1.67 bits per heavy atom. The molecule has 7 heteroatoms. The number of hydrogen-bond acceptors (Lipinski definition) is 2. The van der Waals surface area contributed by atoms with E-state index in [1.54, 1.807) is 0 Å². The van der Waals surface area contributed by atoms with Gasteiger partial charge in [-0.25, -0.2) is 0 Å². The predicted octanol–water partition coefficient (Wildman–Crippen LogP) is 2.34. The molecule has 3 nitrogen and oxygen atoms in total. The quantitative estimate of drug-likeness (QED) is 0.867. The number of hydrogen-bond donors (Lipinski definition) is 1. The number of carbonyl (C=O) groups excluding carboxylic acids is 1. The van der Waals surface area contributed by atoms with Crippen LogP contribution in [0.15, 0.2) is 16.7 Å². The van der Waals surface area contributed by atoms with Gasteiger partial charge in [0.05, 0.1) is 11.6 Å². The van der Waals surface area contributed by atoms with Crippen molar-refractivity contribution >= 4 is 33.9 Å². The highest BCUT2D eigenvalue weighted by molar-refractivity contribution is 9.10. The van der Waals surface area contributed by atoms with Gasteiger partial charge in [-0.3, -0.25) is 9.78 Å². The average Bonchev–Trinajstić information content (AvgIpc) is 2.14. The fourth-order valence-corrected chi connectivity index (χ4v) is 1.70. The Morgan fingerprint density at radius 3 is 2.87 bits per heavy atom. The van der Waals surface area contributed by atoms with Crippen LogP contribution in [0, 0.1) is 0 Å². The number of nitrogens with zero attached hydrogens (tertiary/aromatic N) is 1. The summed E-state index contributed by atoms with van der Waals surface area (Å²) in [4.78, 5) is 13.4. The number of amides is 1. The Labute approximate surface area is 98.0 Å². The molecule has 0 saturated carbocycles. The minimum atomic E-state index is -3.28. The number of halogens is 4. The van der Waals surface area contributed by atoms with Crippen molar-refractivity contribution in [1.29, 1.82) is 0 Å². The van der Waals surface area contributed by atoms with Crippen LogP contribution < -0.4 is 5.32 Å². The first-order valence-corrected chi connectivity index (χ1v) is 5.01. The lowest BCUT2D eigenvalue weighted by molar-refractivity contribution is -0.111. The number of alkyl halides is 2. The van der Waals surface area contributed by atoms with E-state index in [0.717, 1.165) is 0 Å². The number of pyridine rings is 1. The minimum Gasteiger partial charge on any atom is -0.352 e. The number of nitrogens with one attached hydrogen (secondary N) is 1. The molecule has 1 amide bonds. The van der Waals surface area contributed by atoms with E-state index in [-0.39, 0.29) is 11.4 Å². The molecule has 1 aromatic heterocycles. The van der Waals surface area contributed by atoms with Crippen LogP contribution in [0.25, 0.3) is 0 Å². The second kappa shape index (κ2) is 4.85. The van der Waals surface area contributed by atoms with Crippen LogP contribution in [0.5, 0.6) is 0 Å². The van der Waals surface area contributed by atoms with Crippen LogP contribution in [0.1, 0.15) is 5.69 Å². The van der Waals surface area contributed by atoms with Crippen LogP contribution in [0.4, 0.5) is 8.78 Å². The highest BCUT2D eigenvalue weighted by Crippen LogP contribution is 2.32. The van der Waals surface area contributed by atoms with Crippen molar-refractivity contribution in [2.75, 3.05) is 6.54 Å². The Balaban J connectivity index is 2.98. The summed E-state index contributed by atoms with van der Waals surface area (Å²) >= 11 is 8.66. The molecule has 0 radical (unpaired) electrons. The lowest BCUT2D eigenvalue weighted by Gasteiger charge is -2.16. The molecular weight excluding hydrogens is 293 g/mol. The summed E-state index contributed by atoms with van der Waals surface area (Å²) in [7, 11) is 0. The van der Waals surface area contributed by atoms with Gasteiger partial charge in [0.15, 0.2) is 0 Å². The molecule has 0 saturated heterocycles. The Morgan fingerprint density at radius 2 is 2.33 bits per heavy atom. The zero-order valence-corrected chi connectivity index (χ0v) is 9.65. The number of rotatable bonds is 4. The van der Waals surface area contributed by atoms with Gasteiger partial charge in [-0.1, -0.05) is 11.6 Å². The molecule has 0 aliphatic rings. The van der Waals surface area contributed by atoms with Crippen LogP contribution in [-0.4, -0.2) is 17.9 Å². The highest BCUT2D eigenvalue weighted by atomic mass is 79.9. The van der Waals surface area contributed by atoms with E-state index in [1.165, 1.54) is 12.3 Å². The minimum absolute atomic E-state index is 0.151. The third-order valence-corrected chi connectivity index (χ3v) is 2.28. The molecule has 0 unspecified atom stereocenters. The molecule has 1 heterocycles. The predicted molar refractivity (Wildman–Crippen MR) is 54.9 cm³/mol. The summed E-state index contributed by atoms with van der Waals surface area (Å²) < 4.78 is 27.2. The van der Waals surface area contributed by atoms with Crippen molar-refractivity contribution < 1.29 is 13.6 Å². The molecule has 1 N–H and O–H groups in total. The zero-order chi connectivity index (χ0) is 11.5. The third-order valence-electron chi connectivity index (χ3n) is 1.56. The molecule has 0 bridgehead atoms. The topological polar surface area (TPSA) is 42.0 Å². The van der Waals surface area contributed by atoms with E-state index < -0.39 is 18.2 Å². The van der Waals surface area contributed by atoms with Gasteiger partial charge >= 0.3 is 5.92 Å². The lowest BCUT2D eigenvalue weighted by atomic mass is 10.2. The van der Waals surface area contributed by atoms with Gasteiger partial charge in [0.2, 0.25) is 6.41 Å². The molecule has 1 aromatic rings. The summed E-state index contributed by atoms with van der Waals surface area (Å²) in [5.74, 6) is -3.28. The monoisotopic (exact) mass is 298 g/mol. The van der Waals surface area contributed by atoms with Crippen LogP contribution >= 0.6 is 27.5 Å². The first-order valence-electron chi connectivity index (χ1n) is 3.84. The SMILES string of the molecule is O=CNCC(F)(F)c1ncc(Br)cc1Cl. The molecule has 0 fully saturated rings. The van der Waals surface area contributed by atoms with Gasteiger partial charge in [-0.15, -0.1) is 0 Å². The standard InChI is InChI=1S/C8H6BrClF2N2O/c9-5-1-6(10)7(14-2-5)8(11,12)3-13-4-15/h1-2,4H,3H2,(H,13,15). The molecule has 0 aromatic carbocycles. The summed E-state index contributed by atoms with van der Waals surface area (Å²) in [6.07, 6.45) is 1.41. The van der Waals surface area contributed by atoms with Crippen molar-refractivity contribution in [3.63, 3.8) is 0 Å². The molecule has 82 valence electrons. The molecule has 0 aliphatic carbocycles. The normalized spacial score (nSPS) is 11.2. The Bertz CT molecular complexity index is 376. The maximum Gasteiger partial charge on any atom is 0.308 e. The summed E-state index contributed by atoms with van der Waals surface area (Å²) in [6.45, 7) is -0.829. The Kier molecular flexibility index (Phi) is 3.98. The average molecular weight is 300 g/mol. The van der Waals surface area contributed by atoms with E-state index in [4.69, 9.17) is 11.6 Å². The maximum absolute atomic E-state index is 13.4. The lowest BCUT2D eigenvalue weighted by Crippen LogP contribution is -2.30. The van der Waals surface area contributed by atoms with Gasteiger partial charge in [-0.2, -0.15) is 8.78 Å². The van der Waals surface area contributed by atoms with E-state index >= 15 is 0 Å². The number of aromatic nitrogens is 1. The second-order valence-electron chi connectivity index (χ2n) is 2.69. The fraction of sp³-hybridized carbons (Fsp3) is 0.250. The van der Waals surface area contributed by atoms with Gasteiger partial charge in [0, 0.05) is 10.7 Å². The van der Waals surface area contributed by atoms with Gasteiger partial charge < -0.3 is 5.32 Å². The molecule has 0 spiro atoms. The van der Waals surface area contributed by atoms with E-state index in [0.29, 0.717) is 4.47 Å². The summed E-state index contributed by atoms with van der Waals surface area (Å²) in [5.41, 5.74) is -0.554. The van der Waals surface area contributed by atoms with Gasteiger partial charge in [-0.05, 0) is 22.0 Å². The largest absolute Gasteiger partial charge is 0.352 e. The molecular formula is C8H6BrClF2N2O. The fourth-order valence-electron chi connectivity index (χ4n) is 0.937. The van der Waals surface area contributed by atoms with Gasteiger partial charge in [0.25, 0.3) is 0 Å². The summed E-state index contributed by atoms with van der Waals surface area (Å²) in [6, 6.07) is 1.32. The summed E-state index contributed by atoms with van der Waals surface area (Å²) in [5, 5.41) is 1.74. The number of carbonyl (C=O) groups is 1.